The van der Waals surface area contributed by atoms with Crippen molar-refractivity contribution in [3.63, 3.8) is 0 Å². The second kappa shape index (κ2) is 7.44. The Morgan fingerprint density at radius 1 is 1.07 bits per heavy atom. The van der Waals surface area contributed by atoms with Gasteiger partial charge in [-0.15, -0.1) is 0 Å². The third-order valence-electron chi connectivity index (χ3n) is 5.98. The van der Waals surface area contributed by atoms with Crippen LogP contribution in [-0.2, 0) is 17.9 Å². The molecule has 148 valence electrons. The van der Waals surface area contributed by atoms with Gasteiger partial charge in [0.15, 0.2) is 5.78 Å². The molecule has 0 spiro atoms. The molecule has 6 heteroatoms. The first-order valence-electron chi connectivity index (χ1n) is 10.2. The van der Waals surface area contributed by atoms with Crippen LogP contribution in [0.5, 0.6) is 0 Å². The number of nitrogens with one attached hydrogen (secondary N) is 2. The first-order valence-corrected chi connectivity index (χ1v) is 10.2. The smallest absolute Gasteiger partial charge is 0.316 e. The number of urea groups is 1. The molecule has 1 fully saturated rings. The van der Waals surface area contributed by atoms with E-state index in [1.165, 1.54) is 5.57 Å². The molecular weight excluding hydrogens is 364 g/mol. The van der Waals surface area contributed by atoms with Crippen molar-refractivity contribution in [3.05, 3.63) is 65.5 Å². The lowest BCUT2D eigenvalue weighted by atomic mass is 9.92. The molecule has 2 aromatic rings. The van der Waals surface area contributed by atoms with Gasteiger partial charge >= 0.3 is 6.03 Å². The quantitative estimate of drug-likeness (QED) is 0.842. The van der Waals surface area contributed by atoms with Crippen molar-refractivity contribution < 1.29 is 9.59 Å². The highest BCUT2D eigenvalue weighted by Gasteiger charge is 2.35. The van der Waals surface area contributed by atoms with Gasteiger partial charge in [0.1, 0.15) is 0 Å². The number of amides is 2. The lowest BCUT2D eigenvalue weighted by molar-refractivity contribution is -0.122. The Labute approximate surface area is 170 Å². The second-order valence-electron chi connectivity index (χ2n) is 8.08. The molecule has 0 bridgehead atoms. The van der Waals surface area contributed by atoms with Gasteiger partial charge in [-0.2, -0.15) is 0 Å². The Morgan fingerprint density at radius 2 is 1.86 bits per heavy atom. The van der Waals surface area contributed by atoms with Crippen LogP contribution in [0.4, 0.5) is 10.5 Å². The molecule has 1 atom stereocenters. The first-order chi connectivity index (χ1) is 14.2. The summed E-state index contributed by atoms with van der Waals surface area (Å²) in [5.74, 6) is 0.637. The van der Waals surface area contributed by atoms with Crippen LogP contribution >= 0.6 is 0 Å². The average molecular weight is 388 g/mol. The normalized spacial score (nSPS) is 20.8. The summed E-state index contributed by atoms with van der Waals surface area (Å²) in [6.45, 7) is 1.92. The molecule has 3 aliphatic rings. The van der Waals surface area contributed by atoms with Gasteiger partial charge in [0.05, 0.1) is 6.04 Å². The standard InChI is InChI=1S/C23H24N4O2/c28-22(16-1-2-16)21-11-17(8-10-25-21)15-3-5-20(6-4-15)26-23(29)27-13-18-7-9-24-12-19(18)14-27/h3-9,12,16,21,25H,1-2,10-11,13-14H2,(H,26,29). The maximum Gasteiger partial charge on any atom is 0.322 e. The molecule has 5 rings (SSSR count). The number of benzene rings is 1. The Hall–Kier alpha value is -2.99. The topological polar surface area (TPSA) is 74.3 Å². The molecule has 6 nitrogen and oxygen atoms in total. The molecule has 0 saturated heterocycles. The molecule has 1 saturated carbocycles. The Bertz CT molecular complexity index is 954. The number of Topliss-reactive ketones (excluding diaryl/α,β-unsaturated/α-hetero) is 1. The molecule has 2 N–H and O–H groups in total. The summed E-state index contributed by atoms with van der Waals surface area (Å²) in [4.78, 5) is 30.9. The summed E-state index contributed by atoms with van der Waals surface area (Å²) in [6.07, 6.45) is 8.57. The third kappa shape index (κ3) is 3.80. The van der Waals surface area contributed by atoms with Gasteiger partial charge in [-0.3, -0.25) is 9.78 Å². The number of carbonyl (C=O) groups excluding carboxylic acids is 2. The van der Waals surface area contributed by atoms with Crippen LogP contribution in [0.1, 0.15) is 36.0 Å². The van der Waals surface area contributed by atoms with Crippen molar-refractivity contribution in [2.45, 2.75) is 38.4 Å². The molecule has 1 aromatic heterocycles. The predicted octanol–water partition coefficient (Wildman–Crippen LogP) is 3.35. The van der Waals surface area contributed by atoms with Crippen molar-refractivity contribution in [2.75, 3.05) is 11.9 Å². The van der Waals surface area contributed by atoms with E-state index in [1.54, 1.807) is 11.1 Å². The van der Waals surface area contributed by atoms with Gasteiger partial charge in [0.25, 0.3) is 0 Å². The van der Waals surface area contributed by atoms with E-state index < -0.39 is 0 Å². The van der Waals surface area contributed by atoms with E-state index in [9.17, 15) is 9.59 Å². The van der Waals surface area contributed by atoms with Gasteiger partial charge in [-0.1, -0.05) is 18.2 Å². The van der Waals surface area contributed by atoms with Crippen molar-refractivity contribution in [3.8, 4) is 0 Å². The molecule has 1 unspecified atom stereocenters. The minimum Gasteiger partial charge on any atom is -0.316 e. The van der Waals surface area contributed by atoms with E-state index in [1.807, 2.05) is 36.5 Å². The van der Waals surface area contributed by atoms with Gasteiger partial charge in [-0.25, -0.2) is 4.79 Å². The maximum absolute atomic E-state index is 12.6. The van der Waals surface area contributed by atoms with Crippen molar-refractivity contribution in [1.29, 1.82) is 0 Å². The number of anilines is 1. The maximum atomic E-state index is 12.6. The average Bonchev–Trinajstić information content (AvgIpc) is 3.52. The summed E-state index contributed by atoms with van der Waals surface area (Å²) in [5.41, 5.74) is 5.33. The van der Waals surface area contributed by atoms with Crippen LogP contribution < -0.4 is 10.6 Å². The van der Waals surface area contributed by atoms with Crippen LogP contribution in [0.25, 0.3) is 5.57 Å². The number of nitrogens with zero attached hydrogens (tertiary/aromatic N) is 2. The number of carbonyl (C=O) groups is 2. The van der Waals surface area contributed by atoms with Crippen LogP contribution in [0.15, 0.2) is 48.8 Å². The molecule has 1 aliphatic carbocycles. The molecule has 2 amide bonds. The lowest BCUT2D eigenvalue weighted by Gasteiger charge is -2.23. The fraction of sp³-hybridized carbons (Fsp3) is 0.348. The highest BCUT2D eigenvalue weighted by Crippen LogP contribution is 2.34. The highest BCUT2D eigenvalue weighted by molar-refractivity contribution is 5.91. The summed E-state index contributed by atoms with van der Waals surface area (Å²) in [6, 6.07) is 9.70. The summed E-state index contributed by atoms with van der Waals surface area (Å²) in [5, 5.41) is 6.30. The minimum absolute atomic E-state index is 0.0619. The fourth-order valence-corrected chi connectivity index (χ4v) is 4.12. The largest absolute Gasteiger partial charge is 0.322 e. The highest BCUT2D eigenvalue weighted by atomic mass is 16.2. The molecule has 0 radical (unpaired) electrons. The molecule has 1 aromatic carbocycles. The zero-order valence-corrected chi connectivity index (χ0v) is 16.2. The van der Waals surface area contributed by atoms with Gasteiger partial charge in [0.2, 0.25) is 0 Å². The Kier molecular flexibility index (Phi) is 4.64. The van der Waals surface area contributed by atoms with Crippen LogP contribution in [0.3, 0.4) is 0 Å². The van der Waals surface area contributed by atoms with Crippen LogP contribution in [0, 0.1) is 5.92 Å². The van der Waals surface area contributed by atoms with Gasteiger partial charge < -0.3 is 15.5 Å². The van der Waals surface area contributed by atoms with E-state index in [0.717, 1.165) is 48.2 Å². The Balaban J connectivity index is 1.21. The number of ketones is 1. The molecule has 3 heterocycles. The Morgan fingerprint density at radius 3 is 2.62 bits per heavy atom. The number of pyridine rings is 1. The SMILES string of the molecule is O=C(C1CC1)C1CC(c2ccc(NC(=O)N3Cc4ccncc4C3)cc2)=CCN1. The van der Waals surface area contributed by atoms with Crippen LogP contribution in [-0.4, -0.2) is 34.3 Å². The summed E-state index contributed by atoms with van der Waals surface area (Å²) in [7, 11) is 0. The molecule has 2 aliphatic heterocycles. The first kappa shape index (κ1) is 18.1. The summed E-state index contributed by atoms with van der Waals surface area (Å²) < 4.78 is 0. The van der Waals surface area contributed by atoms with Crippen molar-refractivity contribution >= 4 is 23.1 Å². The van der Waals surface area contributed by atoms with E-state index in [0.29, 0.717) is 18.9 Å². The van der Waals surface area contributed by atoms with E-state index >= 15 is 0 Å². The predicted molar refractivity (Wildman–Crippen MR) is 111 cm³/mol. The second-order valence-corrected chi connectivity index (χ2v) is 8.08. The van der Waals surface area contributed by atoms with E-state index in [4.69, 9.17) is 0 Å². The number of rotatable bonds is 4. The zero-order valence-electron chi connectivity index (χ0n) is 16.2. The van der Waals surface area contributed by atoms with E-state index in [-0.39, 0.29) is 18.0 Å². The number of hydrogen-bond donors (Lipinski definition) is 2. The van der Waals surface area contributed by atoms with Crippen molar-refractivity contribution in [2.24, 2.45) is 5.92 Å². The third-order valence-corrected chi connectivity index (χ3v) is 5.98. The molecule has 29 heavy (non-hydrogen) atoms. The van der Waals surface area contributed by atoms with Crippen LogP contribution in [0.2, 0.25) is 0 Å². The van der Waals surface area contributed by atoms with Crippen molar-refractivity contribution in [1.82, 2.24) is 15.2 Å². The number of aromatic nitrogens is 1. The monoisotopic (exact) mass is 388 g/mol. The van der Waals surface area contributed by atoms with E-state index in [2.05, 4.69) is 21.7 Å². The number of hydrogen-bond acceptors (Lipinski definition) is 4. The zero-order chi connectivity index (χ0) is 19.8. The lowest BCUT2D eigenvalue weighted by Crippen LogP contribution is -2.40. The minimum atomic E-state index is -0.106. The summed E-state index contributed by atoms with van der Waals surface area (Å²) >= 11 is 0. The van der Waals surface area contributed by atoms with Gasteiger partial charge in [-0.05, 0) is 59.7 Å². The fourth-order valence-electron chi connectivity index (χ4n) is 4.12. The van der Waals surface area contributed by atoms with Gasteiger partial charge in [0, 0.05) is 43.6 Å². The number of fused-ring (bicyclic) bond motifs is 1. The molecular formula is C23H24N4O2.